The minimum atomic E-state index is -1.10. The van der Waals surface area contributed by atoms with E-state index in [4.69, 9.17) is 9.47 Å². The van der Waals surface area contributed by atoms with E-state index in [0.717, 1.165) is 11.3 Å². The Hall–Kier alpha value is -2.63. The first-order valence-electron chi connectivity index (χ1n) is 6.51. The van der Waals surface area contributed by atoms with Crippen molar-refractivity contribution in [3.63, 3.8) is 0 Å². The third kappa shape index (κ3) is 3.47. The van der Waals surface area contributed by atoms with Crippen LogP contribution in [-0.2, 0) is 14.3 Å². The van der Waals surface area contributed by atoms with Crippen molar-refractivity contribution in [3.05, 3.63) is 35.9 Å². The van der Waals surface area contributed by atoms with Gasteiger partial charge in [-0.25, -0.2) is 4.79 Å². The highest BCUT2D eigenvalue weighted by Crippen LogP contribution is 2.18. The van der Waals surface area contributed by atoms with Crippen LogP contribution in [0.15, 0.2) is 35.4 Å². The van der Waals surface area contributed by atoms with Crippen molar-refractivity contribution in [1.29, 1.82) is 0 Å². The van der Waals surface area contributed by atoms with Crippen LogP contribution >= 0.6 is 0 Å². The zero-order valence-electron chi connectivity index (χ0n) is 11.8. The van der Waals surface area contributed by atoms with Crippen LogP contribution in [0.2, 0.25) is 0 Å². The number of esters is 1. The van der Waals surface area contributed by atoms with Gasteiger partial charge in [-0.05, 0) is 30.7 Å². The van der Waals surface area contributed by atoms with Crippen LogP contribution in [-0.4, -0.2) is 37.7 Å². The first-order chi connectivity index (χ1) is 10.2. The molecule has 1 unspecified atom stereocenters. The molecule has 6 nitrogen and oxygen atoms in total. The van der Waals surface area contributed by atoms with Gasteiger partial charge in [-0.1, -0.05) is 12.1 Å². The molecule has 1 aromatic rings. The third-order valence-corrected chi connectivity index (χ3v) is 2.94. The average molecular weight is 288 g/mol. The van der Waals surface area contributed by atoms with Crippen LogP contribution in [0.3, 0.4) is 0 Å². The molecule has 1 aliphatic rings. The molecule has 21 heavy (non-hydrogen) atoms. The zero-order chi connectivity index (χ0) is 15.2. The minimum absolute atomic E-state index is 0.211. The van der Waals surface area contributed by atoms with E-state index in [0.29, 0.717) is 5.57 Å². The van der Waals surface area contributed by atoms with Crippen LogP contribution in [0.4, 0.5) is 0 Å². The third-order valence-electron chi connectivity index (χ3n) is 2.94. The molecule has 2 rings (SSSR count). The molecule has 1 atom stereocenters. The quantitative estimate of drug-likeness (QED) is 0.664. The van der Waals surface area contributed by atoms with Crippen molar-refractivity contribution in [2.45, 2.75) is 13.0 Å². The lowest BCUT2D eigenvalue weighted by Gasteiger charge is -2.10. The molecule has 0 fully saturated rings. The van der Waals surface area contributed by atoms with E-state index in [1.165, 1.54) is 12.3 Å². The Kier molecular flexibility index (Phi) is 4.71. The number of allylic oxidation sites excluding steroid dienone is 1. The number of nitrogens with zero attached hydrogens (tertiary/aromatic N) is 1. The molecular weight excluding hydrogens is 272 g/mol. The maximum absolute atomic E-state index is 12.1. The maximum Gasteiger partial charge on any atom is 0.338 e. The highest BCUT2D eigenvalue weighted by atomic mass is 16.5. The normalized spacial score (nSPS) is 17.5. The highest BCUT2D eigenvalue weighted by molar-refractivity contribution is 6.21. The maximum atomic E-state index is 12.1. The molecule has 6 heteroatoms. The number of hydrogen-bond acceptors (Lipinski definition) is 6. The van der Waals surface area contributed by atoms with Crippen molar-refractivity contribution in [3.8, 4) is 5.75 Å². The summed E-state index contributed by atoms with van der Waals surface area (Å²) in [5.74, 6) is -0.303. The van der Waals surface area contributed by atoms with Crippen molar-refractivity contribution in [2.24, 2.45) is 5.10 Å². The molecule has 1 N–H and O–H groups in total. The van der Waals surface area contributed by atoms with Crippen LogP contribution < -0.4 is 10.2 Å². The van der Waals surface area contributed by atoms with Gasteiger partial charge in [0.1, 0.15) is 5.75 Å². The summed E-state index contributed by atoms with van der Waals surface area (Å²) in [7, 11) is 1.58. The summed E-state index contributed by atoms with van der Waals surface area (Å²) >= 11 is 0. The highest BCUT2D eigenvalue weighted by Gasteiger charge is 2.27. The second-order valence-electron chi connectivity index (χ2n) is 4.30. The summed E-state index contributed by atoms with van der Waals surface area (Å²) < 4.78 is 9.92. The Balaban J connectivity index is 2.23. The summed E-state index contributed by atoms with van der Waals surface area (Å²) in [4.78, 5) is 23.8. The van der Waals surface area contributed by atoms with Gasteiger partial charge < -0.3 is 9.47 Å². The second-order valence-corrected chi connectivity index (χ2v) is 4.30. The summed E-state index contributed by atoms with van der Waals surface area (Å²) in [6.45, 7) is 1.89. The number of hydrogen-bond donors (Lipinski definition) is 1. The molecule has 110 valence electrons. The zero-order valence-corrected chi connectivity index (χ0v) is 11.8. The molecule has 0 amide bonds. The van der Waals surface area contributed by atoms with Gasteiger partial charge in [0, 0.05) is 5.57 Å². The number of carbonyl (C=O) groups excluding carboxylic acids is 2. The van der Waals surface area contributed by atoms with Gasteiger partial charge >= 0.3 is 5.97 Å². The number of methoxy groups -OCH3 is 1. The molecule has 0 bridgehead atoms. The molecular formula is C15H16N2O4. The predicted octanol–water partition coefficient (Wildman–Crippen LogP) is 1.17. The average Bonchev–Trinajstić information content (AvgIpc) is 2.69. The molecule has 1 aliphatic heterocycles. The van der Waals surface area contributed by atoms with Gasteiger partial charge in [0.05, 0.1) is 19.9 Å². The summed E-state index contributed by atoms with van der Waals surface area (Å²) in [6, 6.07) is 6.10. The molecule has 0 saturated heterocycles. The number of benzene rings is 1. The van der Waals surface area contributed by atoms with Crippen LogP contribution in [0.5, 0.6) is 5.75 Å². The first-order valence-corrected chi connectivity index (χ1v) is 6.51. The lowest BCUT2D eigenvalue weighted by Crippen LogP contribution is -2.40. The first kappa shape index (κ1) is 14.8. The largest absolute Gasteiger partial charge is 0.497 e. The SMILES string of the molecule is CCOC(=O)C1NN=CC(c2ccc(OC)cc2)=CC1=O. The van der Waals surface area contributed by atoms with E-state index >= 15 is 0 Å². The van der Waals surface area contributed by atoms with Gasteiger partial charge in [-0.15, -0.1) is 0 Å². The topological polar surface area (TPSA) is 77.0 Å². The van der Waals surface area contributed by atoms with E-state index in [2.05, 4.69) is 10.5 Å². The molecule has 0 radical (unpaired) electrons. The summed E-state index contributed by atoms with van der Waals surface area (Å²) in [5, 5.41) is 3.91. The monoisotopic (exact) mass is 288 g/mol. The number of ether oxygens (including phenoxy) is 2. The van der Waals surface area contributed by atoms with E-state index in [1.807, 2.05) is 12.1 Å². The van der Waals surface area contributed by atoms with E-state index in [9.17, 15) is 9.59 Å². The van der Waals surface area contributed by atoms with Crippen molar-refractivity contribution < 1.29 is 19.1 Å². The molecule has 0 spiro atoms. The van der Waals surface area contributed by atoms with Gasteiger partial charge in [0.2, 0.25) is 6.04 Å². The smallest absolute Gasteiger partial charge is 0.338 e. The molecule has 1 heterocycles. The Morgan fingerprint density at radius 1 is 1.33 bits per heavy atom. The minimum Gasteiger partial charge on any atom is -0.497 e. The second kappa shape index (κ2) is 6.69. The van der Waals surface area contributed by atoms with Gasteiger partial charge in [0.15, 0.2) is 5.78 Å². The van der Waals surface area contributed by atoms with Crippen LogP contribution in [0.1, 0.15) is 12.5 Å². The van der Waals surface area contributed by atoms with Gasteiger partial charge in [-0.3, -0.25) is 10.2 Å². The standard InChI is InChI=1S/C15H16N2O4/c1-3-21-15(19)14-13(18)8-11(9-16-17-14)10-4-6-12(20-2)7-5-10/h4-9,14,17H,3H2,1-2H3. The molecule has 0 aromatic heterocycles. The lowest BCUT2D eigenvalue weighted by molar-refractivity contribution is -0.147. The number of ketones is 1. The number of nitrogens with one attached hydrogen (secondary N) is 1. The Morgan fingerprint density at radius 2 is 2.05 bits per heavy atom. The van der Waals surface area contributed by atoms with E-state index in [1.54, 1.807) is 26.2 Å². The van der Waals surface area contributed by atoms with Gasteiger partial charge in [0.25, 0.3) is 0 Å². The van der Waals surface area contributed by atoms with Crippen molar-refractivity contribution in [1.82, 2.24) is 5.43 Å². The fourth-order valence-corrected chi connectivity index (χ4v) is 1.85. The Morgan fingerprint density at radius 3 is 2.67 bits per heavy atom. The fraction of sp³-hybridized carbons (Fsp3) is 0.267. The number of rotatable bonds is 4. The van der Waals surface area contributed by atoms with Crippen molar-refractivity contribution >= 4 is 23.5 Å². The fourth-order valence-electron chi connectivity index (χ4n) is 1.85. The summed E-state index contributed by atoms with van der Waals surface area (Å²) in [6.07, 6.45) is 2.88. The van der Waals surface area contributed by atoms with Crippen LogP contribution in [0, 0.1) is 0 Å². The summed E-state index contributed by atoms with van der Waals surface area (Å²) in [5.41, 5.74) is 3.92. The number of carbonyl (C=O) groups is 2. The number of hydrazone groups is 1. The molecule has 0 aliphatic carbocycles. The predicted molar refractivity (Wildman–Crippen MR) is 78.0 cm³/mol. The Labute approximate surface area is 122 Å². The lowest BCUT2D eigenvalue weighted by atomic mass is 10.0. The Bertz CT molecular complexity index is 590. The van der Waals surface area contributed by atoms with E-state index < -0.39 is 17.8 Å². The van der Waals surface area contributed by atoms with Crippen LogP contribution in [0.25, 0.3) is 5.57 Å². The molecule has 1 aromatic carbocycles. The van der Waals surface area contributed by atoms with Gasteiger partial charge in [-0.2, -0.15) is 5.10 Å². The van der Waals surface area contributed by atoms with E-state index in [-0.39, 0.29) is 6.61 Å². The van der Waals surface area contributed by atoms with Crippen molar-refractivity contribution in [2.75, 3.05) is 13.7 Å². The molecule has 0 saturated carbocycles.